The first-order valence-electron chi connectivity index (χ1n) is 24.3. The lowest BCUT2D eigenvalue weighted by atomic mass is 9.99. The van der Waals surface area contributed by atoms with Gasteiger partial charge in [0.25, 0.3) is 0 Å². The maximum absolute atomic E-state index is 9.30. The van der Waals surface area contributed by atoms with Crippen molar-refractivity contribution in [2.75, 3.05) is 0 Å². The van der Waals surface area contributed by atoms with Crippen LogP contribution in [0.5, 0.6) is 0 Å². The fourth-order valence-electron chi connectivity index (χ4n) is 6.43. The maximum Gasteiger partial charge on any atom is 0.238 e. The number of fused-ring (bicyclic) bond motifs is 7. The highest BCUT2D eigenvalue weighted by Gasteiger charge is 2.23. The van der Waals surface area contributed by atoms with E-state index in [1.54, 1.807) is 53.1 Å². The van der Waals surface area contributed by atoms with E-state index in [1.807, 2.05) is 12.1 Å². The molecule has 0 atom stereocenters. The third-order valence-electron chi connectivity index (χ3n) is 8.44. The monoisotopic (exact) mass is 657 g/mol. The van der Waals surface area contributed by atoms with Gasteiger partial charge in [-0.15, -0.1) is 0 Å². The van der Waals surface area contributed by atoms with Crippen molar-refractivity contribution in [1.29, 1.82) is 0 Å². The molecule has 7 aromatic carbocycles. The second-order valence-corrected chi connectivity index (χ2v) is 11.1. The van der Waals surface area contributed by atoms with Crippen LogP contribution in [-0.4, -0.2) is 24.1 Å². The summed E-state index contributed by atoms with van der Waals surface area (Å²) in [7, 11) is 0. The summed E-state index contributed by atoms with van der Waals surface area (Å²) in [5.74, 6) is -1.46. The van der Waals surface area contributed by atoms with E-state index in [-0.39, 0.29) is 17.2 Å². The lowest BCUT2D eigenvalue weighted by molar-refractivity contribution is 0.953. The molecule has 3 aromatic heterocycles. The van der Waals surface area contributed by atoms with Crippen molar-refractivity contribution in [2.45, 2.75) is 0 Å². The fraction of sp³-hybridized carbons (Fsp3) is 0. The molecule has 0 aliphatic carbocycles. The normalized spacial score (nSPS) is 16.6. The Hall–Kier alpha value is -6.85. The lowest BCUT2D eigenvalue weighted by Gasteiger charge is -2.14. The number of rotatable bonds is 5. The first-order valence-corrected chi connectivity index (χ1v) is 15.3. The van der Waals surface area contributed by atoms with E-state index >= 15 is 0 Å². The molecule has 5 heteroatoms. The van der Waals surface area contributed by atoms with Crippen LogP contribution in [0.2, 0.25) is 0 Å². The van der Waals surface area contributed by atoms with Crippen molar-refractivity contribution in [2.24, 2.45) is 0 Å². The summed E-state index contributed by atoms with van der Waals surface area (Å²) in [4.78, 5) is 14.2. The van der Waals surface area contributed by atoms with Gasteiger partial charge in [0.2, 0.25) is 5.95 Å². The molecule has 0 fully saturated rings. The minimum absolute atomic E-state index is 0.183. The highest BCUT2D eigenvalue weighted by Crippen LogP contribution is 2.41. The smallest absolute Gasteiger partial charge is 0.238 e. The van der Waals surface area contributed by atoms with Crippen LogP contribution in [0.25, 0.3) is 89.2 Å². The van der Waals surface area contributed by atoms with Gasteiger partial charge in [-0.2, -0.15) is 9.97 Å². The molecule has 10 rings (SSSR count). The van der Waals surface area contributed by atoms with Crippen molar-refractivity contribution >= 4 is 43.6 Å². The van der Waals surface area contributed by atoms with E-state index in [1.165, 1.54) is 4.57 Å². The molecule has 0 aliphatic rings. The second kappa shape index (κ2) is 11.4. The van der Waals surface area contributed by atoms with Crippen molar-refractivity contribution < 1.29 is 24.7 Å². The molecular formula is C45H29N5. The van der Waals surface area contributed by atoms with E-state index in [9.17, 15) is 1.37 Å². The standard InChI is InChI=1S/C45H29N5/c1-4-16-30(17-5-1)33-22-10-11-25-38(33)44-46-43(31-18-6-2-7-19-31)47-45(48-44)50-40-27-15-13-24-35(40)37-29-28-36-34-23-12-14-26-39(34)49(41(36)42(37)50)32-20-8-3-9-21-32/h1-29H/i1D,2D,3D,4D,6D,7D,8D,9D,10D,11D,16D,17D,18D,19D,20D,21D,22D,25D. The van der Waals surface area contributed by atoms with E-state index in [0.29, 0.717) is 38.1 Å². The van der Waals surface area contributed by atoms with Crippen LogP contribution in [0.15, 0.2) is 175 Å². The molecular weight excluding hydrogens is 611 g/mol. The number of aromatic nitrogens is 5. The summed E-state index contributed by atoms with van der Waals surface area (Å²) in [6.45, 7) is 0. The molecule has 3 heterocycles. The third-order valence-corrected chi connectivity index (χ3v) is 8.44. The summed E-state index contributed by atoms with van der Waals surface area (Å²) in [5, 5.41) is 2.30. The van der Waals surface area contributed by atoms with Crippen molar-refractivity contribution in [3.63, 3.8) is 0 Å². The Morgan fingerprint density at radius 2 is 0.960 bits per heavy atom. The van der Waals surface area contributed by atoms with Gasteiger partial charge in [0.05, 0.1) is 46.7 Å². The molecule has 0 amide bonds. The summed E-state index contributed by atoms with van der Waals surface area (Å²) < 4.78 is 161. The van der Waals surface area contributed by atoms with Gasteiger partial charge in [-0.3, -0.25) is 4.57 Å². The average Bonchev–Trinajstić information content (AvgIpc) is 3.84. The summed E-state index contributed by atoms with van der Waals surface area (Å²) in [5.41, 5.74) is -0.701. The van der Waals surface area contributed by atoms with Gasteiger partial charge in [0.1, 0.15) is 0 Å². The largest absolute Gasteiger partial charge is 0.307 e. The van der Waals surface area contributed by atoms with Crippen molar-refractivity contribution in [3.8, 4) is 45.5 Å². The molecule has 0 saturated carbocycles. The van der Waals surface area contributed by atoms with Crippen molar-refractivity contribution in [3.05, 3.63) is 175 Å². The van der Waals surface area contributed by atoms with E-state index in [4.69, 9.17) is 33.3 Å². The van der Waals surface area contributed by atoms with Gasteiger partial charge in [0.15, 0.2) is 11.6 Å². The average molecular weight is 658 g/mol. The van der Waals surface area contributed by atoms with E-state index in [2.05, 4.69) is 4.98 Å². The molecule has 234 valence electrons. The SMILES string of the molecule is [2H]c1cc([2H])c(-c2c([2H])c([2H])c([2H])c([2H])c2-c2nc(-c3c([2H])c([2H])c([2H])c([2H])c3[2H])nc(-n3c4ccccc4c4ccc5c6ccccc6n(-c6c([2H])c([2H])c([2H])c([2H])c6[2H])c5c43)n2)c([2H])c1[2H]. The Balaban J connectivity index is 1.45. The van der Waals surface area contributed by atoms with Crippen molar-refractivity contribution in [1.82, 2.24) is 24.1 Å². The quantitative estimate of drug-likeness (QED) is 0.185. The van der Waals surface area contributed by atoms with Crippen LogP contribution >= 0.6 is 0 Å². The Bertz CT molecular complexity index is 3860. The van der Waals surface area contributed by atoms with Crippen LogP contribution in [0.1, 0.15) is 24.7 Å². The minimum atomic E-state index is -0.789. The first-order chi connectivity index (χ1) is 32.3. The lowest BCUT2D eigenvalue weighted by Crippen LogP contribution is -2.07. The zero-order valence-electron chi connectivity index (χ0n) is 43.6. The highest BCUT2D eigenvalue weighted by molar-refractivity contribution is 6.23. The molecule has 0 spiro atoms. The molecule has 10 aromatic rings. The maximum atomic E-state index is 9.30. The van der Waals surface area contributed by atoms with Gasteiger partial charge in [-0.05, 0) is 35.3 Å². The Morgan fingerprint density at radius 3 is 1.70 bits per heavy atom. The molecule has 5 nitrogen and oxygen atoms in total. The zero-order valence-corrected chi connectivity index (χ0v) is 25.6. The number of para-hydroxylation sites is 3. The molecule has 0 unspecified atom stereocenters. The second-order valence-electron chi connectivity index (χ2n) is 11.1. The summed E-state index contributed by atoms with van der Waals surface area (Å²) in [6.07, 6.45) is 0. The minimum Gasteiger partial charge on any atom is -0.307 e. The number of benzene rings is 7. The molecule has 0 saturated heterocycles. The van der Waals surface area contributed by atoms with E-state index in [0.717, 1.165) is 6.07 Å². The van der Waals surface area contributed by atoms with Gasteiger partial charge in [-0.1, -0.05) is 151 Å². The number of hydrogen-bond donors (Lipinski definition) is 0. The van der Waals surface area contributed by atoms with Gasteiger partial charge in [-0.25, -0.2) is 4.98 Å². The van der Waals surface area contributed by atoms with Crippen LogP contribution in [0.4, 0.5) is 0 Å². The molecule has 50 heavy (non-hydrogen) atoms. The summed E-state index contributed by atoms with van der Waals surface area (Å²) >= 11 is 0. The zero-order chi connectivity index (χ0) is 48.7. The van der Waals surface area contributed by atoms with Gasteiger partial charge < -0.3 is 4.57 Å². The summed E-state index contributed by atoms with van der Waals surface area (Å²) in [6, 6.07) is 6.69. The van der Waals surface area contributed by atoms with Crippen LogP contribution < -0.4 is 0 Å². The Labute approximate surface area is 313 Å². The molecule has 0 radical (unpaired) electrons. The first kappa shape index (κ1) is 15.6. The topological polar surface area (TPSA) is 48.5 Å². The Morgan fingerprint density at radius 1 is 0.400 bits per heavy atom. The van der Waals surface area contributed by atoms with Crippen LogP contribution in [-0.2, 0) is 0 Å². The predicted octanol–water partition coefficient (Wildman–Crippen LogP) is 11.1. The number of nitrogens with zero attached hydrogens (tertiary/aromatic N) is 5. The highest BCUT2D eigenvalue weighted by atomic mass is 15.2. The van der Waals surface area contributed by atoms with E-state index < -0.39 is 143 Å². The van der Waals surface area contributed by atoms with Crippen LogP contribution in [0, 0.1) is 0 Å². The molecule has 0 bridgehead atoms. The number of hydrogen-bond acceptors (Lipinski definition) is 3. The molecule has 0 N–H and O–H groups in total. The predicted molar refractivity (Wildman–Crippen MR) is 205 cm³/mol. The van der Waals surface area contributed by atoms with Gasteiger partial charge in [0, 0.05) is 38.4 Å². The molecule has 0 aliphatic heterocycles. The fourth-order valence-corrected chi connectivity index (χ4v) is 6.43. The van der Waals surface area contributed by atoms with Gasteiger partial charge >= 0.3 is 0 Å². The Kier molecular flexibility index (Phi) is 3.55. The van der Waals surface area contributed by atoms with Crippen LogP contribution in [0.3, 0.4) is 0 Å². The third kappa shape index (κ3) is 4.37.